The number of hydrogen-bond acceptors (Lipinski definition) is 1. The fraction of sp³-hybridized carbons (Fsp3) is 0.500. The highest BCUT2D eigenvalue weighted by atomic mass is 79.9. The summed E-state index contributed by atoms with van der Waals surface area (Å²) in [6.07, 6.45) is 5.74. The van der Waals surface area contributed by atoms with E-state index in [4.69, 9.17) is 0 Å². The Balaban J connectivity index is 1.85. The van der Waals surface area contributed by atoms with Gasteiger partial charge in [0.1, 0.15) is 0 Å². The van der Waals surface area contributed by atoms with E-state index < -0.39 is 0 Å². The minimum Gasteiger partial charge on any atom is -0.154 e. The Kier molecular flexibility index (Phi) is 3.94. The van der Waals surface area contributed by atoms with Gasteiger partial charge in [0.15, 0.2) is 0 Å². The zero-order valence-electron chi connectivity index (χ0n) is 8.21. The first kappa shape index (κ1) is 10.6. The van der Waals surface area contributed by atoms with Gasteiger partial charge in [0, 0.05) is 15.5 Å². The summed E-state index contributed by atoms with van der Waals surface area (Å²) in [4.78, 5) is 0. The van der Waals surface area contributed by atoms with Crippen molar-refractivity contribution in [2.75, 3.05) is 0 Å². The normalized spacial score (nSPS) is 17.5. The van der Waals surface area contributed by atoms with Crippen molar-refractivity contribution >= 4 is 27.7 Å². The maximum absolute atomic E-state index is 3.51. The number of hydrogen-bond donors (Lipinski definition) is 0. The molecule has 1 saturated carbocycles. The van der Waals surface area contributed by atoms with Crippen LogP contribution in [0.5, 0.6) is 0 Å². The van der Waals surface area contributed by atoms with Gasteiger partial charge in [0.25, 0.3) is 0 Å². The van der Waals surface area contributed by atoms with Gasteiger partial charge in [-0.05, 0) is 30.5 Å². The Morgan fingerprint density at radius 1 is 1.29 bits per heavy atom. The Bertz CT molecular complexity index is 292. The fourth-order valence-electron chi connectivity index (χ4n) is 1.90. The first-order valence-electron chi connectivity index (χ1n) is 5.20. The van der Waals surface area contributed by atoms with Gasteiger partial charge in [-0.1, -0.05) is 40.9 Å². The van der Waals surface area contributed by atoms with E-state index in [0.29, 0.717) is 0 Å². The molecule has 0 saturated heterocycles. The molecule has 1 aliphatic rings. The van der Waals surface area contributed by atoms with E-state index in [0.717, 1.165) is 5.25 Å². The maximum Gasteiger partial charge on any atom is 0.0187 e. The molecule has 1 aromatic rings. The van der Waals surface area contributed by atoms with Crippen molar-refractivity contribution in [1.29, 1.82) is 0 Å². The van der Waals surface area contributed by atoms with Crippen LogP contribution in [0, 0.1) is 0 Å². The summed E-state index contributed by atoms with van der Waals surface area (Å²) in [6.45, 7) is 0. The van der Waals surface area contributed by atoms with Gasteiger partial charge in [-0.25, -0.2) is 0 Å². The van der Waals surface area contributed by atoms with Crippen LogP contribution in [0.1, 0.15) is 31.2 Å². The van der Waals surface area contributed by atoms with Crippen molar-refractivity contribution in [2.24, 2.45) is 0 Å². The molecule has 0 aliphatic heterocycles. The number of benzene rings is 1. The van der Waals surface area contributed by atoms with Gasteiger partial charge in [0.2, 0.25) is 0 Å². The van der Waals surface area contributed by atoms with Crippen molar-refractivity contribution < 1.29 is 0 Å². The van der Waals surface area contributed by atoms with Crippen LogP contribution in [0.15, 0.2) is 28.7 Å². The van der Waals surface area contributed by atoms with Crippen LogP contribution < -0.4 is 0 Å². The molecule has 14 heavy (non-hydrogen) atoms. The molecule has 0 bridgehead atoms. The molecule has 1 fully saturated rings. The SMILES string of the molecule is Brc1cccc(CSC2CCCC2)c1. The second kappa shape index (κ2) is 5.22. The lowest BCUT2D eigenvalue weighted by molar-refractivity contribution is 0.886. The molecule has 0 atom stereocenters. The van der Waals surface area contributed by atoms with E-state index in [-0.39, 0.29) is 0 Å². The van der Waals surface area contributed by atoms with Crippen LogP contribution in [-0.2, 0) is 5.75 Å². The number of thioether (sulfide) groups is 1. The van der Waals surface area contributed by atoms with Crippen molar-refractivity contribution in [1.82, 2.24) is 0 Å². The van der Waals surface area contributed by atoms with Gasteiger partial charge in [-0.2, -0.15) is 11.8 Å². The molecule has 0 aromatic heterocycles. The van der Waals surface area contributed by atoms with E-state index >= 15 is 0 Å². The van der Waals surface area contributed by atoms with Crippen LogP contribution in [0.3, 0.4) is 0 Å². The summed E-state index contributed by atoms with van der Waals surface area (Å²) in [5.41, 5.74) is 1.44. The molecule has 2 rings (SSSR count). The van der Waals surface area contributed by atoms with E-state index in [1.165, 1.54) is 41.5 Å². The molecule has 0 nitrogen and oxygen atoms in total. The van der Waals surface area contributed by atoms with Crippen LogP contribution in [-0.4, -0.2) is 5.25 Å². The second-order valence-electron chi connectivity index (χ2n) is 3.85. The first-order chi connectivity index (χ1) is 6.84. The monoisotopic (exact) mass is 270 g/mol. The Morgan fingerprint density at radius 3 is 2.79 bits per heavy atom. The highest BCUT2D eigenvalue weighted by Gasteiger charge is 2.14. The minimum absolute atomic E-state index is 0.925. The summed E-state index contributed by atoms with van der Waals surface area (Å²) in [6, 6.07) is 8.65. The predicted molar refractivity (Wildman–Crippen MR) is 67.7 cm³/mol. The zero-order valence-corrected chi connectivity index (χ0v) is 10.6. The Labute approximate surface area is 98.6 Å². The van der Waals surface area contributed by atoms with Crippen LogP contribution >= 0.6 is 27.7 Å². The van der Waals surface area contributed by atoms with Crippen molar-refractivity contribution in [3.05, 3.63) is 34.3 Å². The molecule has 0 amide bonds. The molecule has 0 N–H and O–H groups in total. The molecular formula is C12H15BrS. The maximum atomic E-state index is 3.51. The zero-order chi connectivity index (χ0) is 9.80. The van der Waals surface area contributed by atoms with E-state index in [1.54, 1.807) is 0 Å². The van der Waals surface area contributed by atoms with Crippen molar-refractivity contribution in [2.45, 2.75) is 36.7 Å². The third-order valence-corrected chi connectivity index (χ3v) is 4.61. The van der Waals surface area contributed by atoms with Gasteiger partial charge in [0.05, 0.1) is 0 Å². The lowest BCUT2D eigenvalue weighted by Crippen LogP contribution is -1.94. The smallest absolute Gasteiger partial charge is 0.0187 e. The number of rotatable bonds is 3. The highest BCUT2D eigenvalue weighted by Crippen LogP contribution is 2.31. The van der Waals surface area contributed by atoms with Crippen LogP contribution in [0.25, 0.3) is 0 Å². The highest BCUT2D eigenvalue weighted by molar-refractivity contribution is 9.10. The fourth-order valence-corrected chi connectivity index (χ4v) is 3.62. The first-order valence-corrected chi connectivity index (χ1v) is 7.05. The van der Waals surface area contributed by atoms with E-state index in [1.807, 2.05) is 0 Å². The molecular weight excluding hydrogens is 256 g/mol. The molecule has 2 heteroatoms. The Morgan fingerprint density at radius 2 is 2.07 bits per heavy atom. The molecule has 0 heterocycles. The van der Waals surface area contributed by atoms with Gasteiger partial charge < -0.3 is 0 Å². The predicted octanol–water partition coefficient (Wildman–Crippen LogP) is 4.62. The van der Waals surface area contributed by atoms with Crippen molar-refractivity contribution in [3.63, 3.8) is 0 Å². The van der Waals surface area contributed by atoms with E-state index in [9.17, 15) is 0 Å². The molecule has 0 spiro atoms. The second-order valence-corrected chi connectivity index (χ2v) is 6.05. The molecule has 1 aromatic carbocycles. The van der Waals surface area contributed by atoms with Gasteiger partial charge >= 0.3 is 0 Å². The lowest BCUT2D eigenvalue weighted by Gasteiger charge is -2.08. The lowest BCUT2D eigenvalue weighted by atomic mass is 10.2. The van der Waals surface area contributed by atoms with Gasteiger partial charge in [-0.15, -0.1) is 0 Å². The van der Waals surface area contributed by atoms with Gasteiger partial charge in [-0.3, -0.25) is 0 Å². The largest absolute Gasteiger partial charge is 0.154 e. The van der Waals surface area contributed by atoms with E-state index in [2.05, 4.69) is 52.0 Å². The molecule has 0 unspecified atom stereocenters. The molecule has 0 radical (unpaired) electrons. The van der Waals surface area contributed by atoms with Crippen LogP contribution in [0.4, 0.5) is 0 Å². The third kappa shape index (κ3) is 3.03. The van der Waals surface area contributed by atoms with Crippen molar-refractivity contribution in [3.8, 4) is 0 Å². The molecule has 76 valence electrons. The summed E-state index contributed by atoms with van der Waals surface area (Å²) >= 11 is 5.63. The summed E-state index contributed by atoms with van der Waals surface area (Å²) in [7, 11) is 0. The third-order valence-electron chi connectivity index (χ3n) is 2.68. The standard InChI is InChI=1S/C12H15BrS/c13-11-5-3-4-10(8-11)9-14-12-6-1-2-7-12/h3-5,8,12H,1-2,6-7,9H2. The van der Waals surface area contributed by atoms with Crippen LogP contribution in [0.2, 0.25) is 0 Å². The minimum atomic E-state index is 0.925. The summed E-state index contributed by atoms with van der Waals surface area (Å²) < 4.78 is 1.20. The summed E-state index contributed by atoms with van der Waals surface area (Å²) in [5.74, 6) is 1.17. The quantitative estimate of drug-likeness (QED) is 0.772. The Hall–Kier alpha value is 0.0500. The molecule has 1 aliphatic carbocycles. The number of halogens is 1. The summed E-state index contributed by atoms with van der Waals surface area (Å²) in [5, 5.41) is 0.925. The topological polar surface area (TPSA) is 0 Å². The average molecular weight is 271 g/mol. The average Bonchev–Trinajstić information content (AvgIpc) is 2.67.